The van der Waals surface area contributed by atoms with Crippen molar-refractivity contribution in [2.24, 2.45) is 4.99 Å². The van der Waals surface area contributed by atoms with Crippen LogP contribution in [0.25, 0.3) is 6.08 Å². The number of aromatic nitrogens is 1. The number of methoxy groups -OCH3 is 3. The summed E-state index contributed by atoms with van der Waals surface area (Å²) in [7, 11) is 4.47. The van der Waals surface area contributed by atoms with Crippen LogP contribution in [-0.4, -0.2) is 56.2 Å². The van der Waals surface area contributed by atoms with E-state index in [4.69, 9.17) is 28.8 Å². The summed E-state index contributed by atoms with van der Waals surface area (Å²) in [4.78, 5) is 42.9. The molecule has 0 radical (unpaired) electrons. The maximum absolute atomic E-state index is 13.9. The van der Waals surface area contributed by atoms with Crippen molar-refractivity contribution in [1.82, 2.24) is 4.57 Å². The minimum absolute atomic E-state index is 0.153. The van der Waals surface area contributed by atoms with E-state index in [1.807, 2.05) is 0 Å². The van der Waals surface area contributed by atoms with Gasteiger partial charge in [-0.3, -0.25) is 9.36 Å². The molecule has 0 aliphatic carbocycles. The molecule has 2 heterocycles. The molecular weight excluding hydrogens is 540 g/mol. The van der Waals surface area contributed by atoms with Crippen molar-refractivity contribution in [2.75, 3.05) is 34.5 Å². The Morgan fingerprint density at radius 2 is 1.80 bits per heavy atom. The summed E-state index contributed by atoms with van der Waals surface area (Å²) in [5.74, 6) is -0.155. The summed E-state index contributed by atoms with van der Waals surface area (Å²) in [5, 5.41) is 8.90. The predicted molar refractivity (Wildman–Crippen MR) is 146 cm³/mol. The van der Waals surface area contributed by atoms with Crippen molar-refractivity contribution >= 4 is 29.4 Å². The van der Waals surface area contributed by atoms with Crippen LogP contribution in [0.15, 0.2) is 57.5 Å². The van der Waals surface area contributed by atoms with E-state index in [-0.39, 0.29) is 23.5 Å². The number of carbonyl (C=O) groups is 2. The van der Waals surface area contributed by atoms with Crippen molar-refractivity contribution in [3.63, 3.8) is 0 Å². The molecule has 12 heteroatoms. The maximum atomic E-state index is 13.9. The van der Waals surface area contributed by atoms with Crippen molar-refractivity contribution < 1.29 is 38.4 Å². The molecule has 0 saturated carbocycles. The number of ether oxygens (including phenoxy) is 5. The molecule has 11 nitrogen and oxygen atoms in total. The van der Waals surface area contributed by atoms with Crippen molar-refractivity contribution in [3.05, 3.63) is 78.5 Å². The van der Waals surface area contributed by atoms with Gasteiger partial charge in [0.1, 0.15) is 17.5 Å². The molecule has 2 aromatic carbocycles. The first kappa shape index (κ1) is 28.4. The number of esters is 1. The molecule has 0 amide bonds. The number of aliphatic carboxylic acids is 1. The summed E-state index contributed by atoms with van der Waals surface area (Å²) in [6, 6.07) is 9.18. The van der Waals surface area contributed by atoms with E-state index in [9.17, 15) is 14.4 Å². The van der Waals surface area contributed by atoms with Gasteiger partial charge in [0.25, 0.3) is 5.56 Å². The number of carbonyl (C=O) groups excluding carboxylic acids is 1. The molecule has 0 fully saturated rings. The quantitative estimate of drug-likeness (QED) is 0.366. The molecule has 3 aromatic rings. The Bertz CT molecular complexity index is 1670. The fourth-order valence-electron chi connectivity index (χ4n) is 4.31. The van der Waals surface area contributed by atoms with Gasteiger partial charge in [0.05, 0.1) is 43.7 Å². The molecule has 1 aromatic heterocycles. The van der Waals surface area contributed by atoms with Crippen LogP contribution < -0.4 is 33.8 Å². The van der Waals surface area contributed by atoms with E-state index in [0.717, 1.165) is 0 Å². The average molecular weight is 569 g/mol. The van der Waals surface area contributed by atoms with Gasteiger partial charge in [-0.15, -0.1) is 0 Å². The molecule has 4 rings (SSSR count). The number of hydrogen-bond donors (Lipinski definition) is 1. The van der Waals surface area contributed by atoms with Crippen molar-refractivity contribution in [3.8, 4) is 23.0 Å². The first-order valence-corrected chi connectivity index (χ1v) is 13.0. The van der Waals surface area contributed by atoms with Gasteiger partial charge in [0.15, 0.2) is 22.9 Å². The standard InChI is InChI=1S/C28H28N2O9S/c1-6-38-27(34)24-15(2)29-28-30(25(24)18-9-8-17(35-3)13-20(18)36-4)26(33)22(40-28)12-16-7-10-19(21(11-16)37-5)39-14-23(31)32/h7-13,25H,6,14H2,1-5H3,(H,31,32)/b22-12+/t25-/m0/s1. The second-order valence-corrected chi connectivity index (χ2v) is 9.51. The Hall–Kier alpha value is -4.58. The van der Waals surface area contributed by atoms with Crippen LogP contribution in [0.1, 0.15) is 31.0 Å². The average Bonchev–Trinajstić information content (AvgIpc) is 3.24. The van der Waals surface area contributed by atoms with Gasteiger partial charge < -0.3 is 28.8 Å². The minimum atomic E-state index is -1.12. The molecule has 40 heavy (non-hydrogen) atoms. The molecule has 210 valence electrons. The number of nitrogens with zero attached hydrogens (tertiary/aromatic N) is 2. The Morgan fingerprint density at radius 3 is 2.45 bits per heavy atom. The predicted octanol–water partition coefficient (Wildman–Crippen LogP) is 2.29. The molecule has 0 bridgehead atoms. The zero-order valence-corrected chi connectivity index (χ0v) is 23.4. The monoisotopic (exact) mass is 568 g/mol. The van der Waals surface area contributed by atoms with E-state index in [1.54, 1.807) is 56.3 Å². The van der Waals surface area contributed by atoms with Crippen LogP contribution in [-0.2, 0) is 14.3 Å². The lowest BCUT2D eigenvalue weighted by molar-refractivity contribution is -0.140. The van der Waals surface area contributed by atoms with Crippen LogP contribution in [0.5, 0.6) is 23.0 Å². The van der Waals surface area contributed by atoms with Gasteiger partial charge in [0.2, 0.25) is 0 Å². The molecule has 1 atom stereocenters. The number of fused-ring (bicyclic) bond motifs is 1. The summed E-state index contributed by atoms with van der Waals surface area (Å²) in [6.07, 6.45) is 1.67. The summed E-state index contributed by atoms with van der Waals surface area (Å²) < 4.78 is 28.7. The summed E-state index contributed by atoms with van der Waals surface area (Å²) in [5.41, 5.74) is 1.47. The zero-order chi connectivity index (χ0) is 29.0. The smallest absolute Gasteiger partial charge is 0.341 e. The molecule has 0 unspecified atom stereocenters. The van der Waals surface area contributed by atoms with Crippen molar-refractivity contribution in [2.45, 2.75) is 19.9 Å². The zero-order valence-electron chi connectivity index (χ0n) is 22.5. The van der Waals surface area contributed by atoms with Crippen LogP contribution >= 0.6 is 11.3 Å². The lowest BCUT2D eigenvalue weighted by atomic mass is 9.95. The fraction of sp³-hybridized carbons (Fsp3) is 0.286. The Morgan fingerprint density at radius 1 is 1.05 bits per heavy atom. The van der Waals surface area contributed by atoms with E-state index < -0.39 is 24.6 Å². The SMILES string of the molecule is CCOC(=O)C1=C(C)N=c2s/c(=C/c3ccc(OCC(=O)O)c(OC)c3)c(=O)n2[C@H]1c1ccc(OC)cc1OC. The van der Waals surface area contributed by atoms with Crippen LogP contribution in [0.4, 0.5) is 0 Å². The van der Waals surface area contributed by atoms with Gasteiger partial charge in [0, 0.05) is 11.6 Å². The van der Waals surface area contributed by atoms with Crippen LogP contribution in [0.3, 0.4) is 0 Å². The Labute approximate surface area is 233 Å². The highest BCUT2D eigenvalue weighted by molar-refractivity contribution is 7.07. The molecule has 1 aliphatic heterocycles. The largest absolute Gasteiger partial charge is 0.497 e. The summed E-state index contributed by atoms with van der Waals surface area (Å²) in [6.45, 7) is 3.04. The van der Waals surface area contributed by atoms with Gasteiger partial charge in [-0.2, -0.15) is 0 Å². The number of carboxylic acids is 1. The maximum Gasteiger partial charge on any atom is 0.341 e. The van der Waals surface area contributed by atoms with Crippen LogP contribution in [0.2, 0.25) is 0 Å². The fourth-order valence-corrected chi connectivity index (χ4v) is 5.36. The summed E-state index contributed by atoms with van der Waals surface area (Å²) >= 11 is 1.17. The minimum Gasteiger partial charge on any atom is -0.497 e. The number of benzene rings is 2. The highest BCUT2D eigenvalue weighted by Gasteiger charge is 2.35. The van der Waals surface area contributed by atoms with Gasteiger partial charge in [-0.1, -0.05) is 17.4 Å². The number of hydrogen-bond acceptors (Lipinski definition) is 10. The first-order valence-electron chi connectivity index (χ1n) is 12.2. The van der Waals surface area contributed by atoms with E-state index >= 15 is 0 Å². The normalized spacial score (nSPS) is 14.7. The van der Waals surface area contributed by atoms with Crippen molar-refractivity contribution in [1.29, 1.82) is 0 Å². The number of carboxylic acid groups (broad SMARTS) is 1. The lowest BCUT2D eigenvalue weighted by Gasteiger charge is -2.26. The van der Waals surface area contributed by atoms with E-state index in [1.165, 1.54) is 37.2 Å². The highest BCUT2D eigenvalue weighted by Crippen LogP contribution is 2.37. The van der Waals surface area contributed by atoms with Gasteiger partial charge in [-0.05, 0) is 49.8 Å². The molecular formula is C28H28N2O9S. The third-order valence-electron chi connectivity index (χ3n) is 6.09. The highest BCUT2D eigenvalue weighted by atomic mass is 32.1. The second-order valence-electron chi connectivity index (χ2n) is 8.50. The Balaban J connectivity index is 1.90. The molecule has 1 N–H and O–H groups in total. The number of allylic oxidation sites excluding steroid dienone is 1. The van der Waals surface area contributed by atoms with Gasteiger partial charge in [-0.25, -0.2) is 14.6 Å². The number of rotatable bonds is 10. The Kier molecular flexibility index (Phi) is 8.58. The third kappa shape index (κ3) is 5.57. The molecule has 1 aliphatic rings. The van der Waals surface area contributed by atoms with Gasteiger partial charge >= 0.3 is 11.9 Å². The molecule has 0 saturated heterocycles. The van der Waals surface area contributed by atoms with Crippen LogP contribution in [0, 0.1) is 0 Å². The lowest BCUT2D eigenvalue weighted by Crippen LogP contribution is -2.40. The topological polar surface area (TPSA) is 135 Å². The first-order chi connectivity index (χ1) is 19.2. The second kappa shape index (κ2) is 12.1. The van der Waals surface area contributed by atoms with E-state index in [2.05, 4.69) is 4.99 Å². The van der Waals surface area contributed by atoms with E-state index in [0.29, 0.717) is 43.4 Å². The molecule has 0 spiro atoms. The number of thiazole rings is 1. The third-order valence-corrected chi connectivity index (χ3v) is 7.07.